The topological polar surface area (TPSA) is 79.7 Å². The van der Waals surface area contributed by atoms with Gasteiger partial charge < -0.3 is 14.7 Å². The lowest BCUT2D eigenvalue weighted by atomic mass is 9.94. The Kier molecular flexibility index (Phi) is 5.54. The van der Waals surface area contributed by atoms with E-state index in [0.717, 1.165) is 16.7 Å². The average molecular weight is 414 g/mol. The second kappa shape index (κ2) is 8.44. The molecule has 6 nitrogen and oxygen atoms in total. The zero-order valence-electron chi connectivity index (χ0n) is 17.3. The van der Waals surface area contributed by atoms with Crippen LogP contribution >= 0.6 is 0 Å². The van der Waals surface area contributed by atoms with Crippen LogP contribution in [0, 0.1) is 6.92 Å². The Hall–Kier alpha value is -3.93. The van der Waals surface area contributed by atoms with Crippen molar-refractivity contribution in [2.24, 2.45) is 0 Å². The van der Waals surface area contributed by atoms with Crippen molar-refractivity contribution in [2.45, 2.75) is 19.5 Å². The van der Waals surface area contributed by atoms with Crippen molar-refractivity contribution in [1.29, 1.82) is 0 Å². The number of aliphatic hydroxyl groups is 1. The molecule has 1 saturated heterocycles. The average Bonchev–Trinajstić information content (AvgIpc) is 3.04. The largest absolute Gasteiger partial charge is 0.507 e. The van der Waals surface area contributed by atoms with E-state index in [1.54, 1.807) is 19.2 Å². The van der Waals surface area contributed by atoms with Gasteiger partial charge in [0.2, 0.25) is 0 Å². The van der Waals surface area contributed by atoms with Gasteiger partial charge in [0.15, 0.2) is 0 Å². The number of carbonyl (C=O) groups excluding carboxylic acids is 2. The lowest BCUT2D eigenvalue weighted by molar-refractivity contribution is -0.140. The van der Waals surface area contributed by atoms with E-state index in [0.29, 0.717) is 11.3 Å². The van der Waals surface area contributed by atoms with Gasteiger partial charge in [0.1, 0.15) is 11.5 Å². The minimum atomic E-state index is -0.709. The molecule has 2 aromatic carbocycles. The van der Waals surface area contributed by atoms with Crippen LogP contribution in [0.5, 0.6) is 5.75 Å². The molecule has 1 aliphatic rings. The summed E-state index contributed by atoms with van der Waals surface area (Å²) in [6.45, 7) is 2.15. The van der Waals surface area contributed by atoms with Crippen LogP contribution in [-0.4, -0.2) is 33.8 Å². The van der Waals surface area contributed by atoms with Gasteiger partial charge in [-0.2, -0.15) is 0 Å². The number of aromatic nitrogens is 1. The summed E-state index contributed by atoms with van der Waals surface area (Å²) < 4.78 is 5.29. The van der Waals surface area contributed by atoms with Gasteiger partial charge in [-0.1, -0.05) is 42.0 Å². The third-order valence-electron chi connectivity index (χ3n) is 5.34. The zero-order chi connectivity index (χ0) is 22.0. The SMILES string of the molecule is COc1cccc(CN2C(=O)C(=O)/C(=C(\O)c3ccncc3)C2c2cccc(C)c2)c1. The summed E-state index contributed by atoms with van der Waals surface area (Å²) in [4.78, 5) is 31.6. The second-order valence-electron chi connectivity index (χ2n) is 7.43. The molecule has 1 N–H and O–H groups in total. The number of aryl methyl sites for hydroxylation is 1. The number of amides is 1. The van der Waals surface area contributed by atoms with E-state index in [2.05, 4.69) is 4.98 Å². The van der Waals surface area contributed by atoms with Crippen LogP contribution in [0.15, 0.2) is 78.6 Å². The first-order chi connectivity index (χ1) is 15.0. The molecule has 0 bridgehead atoms. The normalized spacial score (nSPS) is 17.7. The maximum Gasteiger partial charge on any atom is 0.295 e. The number of carbonyl (C=O) groups is 2. The van der Waals surface area contributed by atoms with E-state index in [1.165, 1.54) is 17.3 Å². The molecule has 1 unspecified atom stereocenters. The molecule has 4 rings (SSSR count). The van der Waals surface area contributed by atoms with Crippen LogP contribution in [0.25, 0.3) is 5.76 Å². The predicted molar refractivity (Wildman–Crippen MR) is 116 cm³/mol. The number of nitrogens with zero attached hydrogens (tertiary/aromatic N) is 2. The Labute approximate surface area is 180 Å². The lowest BCUT2D eigenvalue weighted by Gasteiger charge is -2.26. The standard InChI is InChI=1S/C25H22N2O4/c1-16-5-3-7-19(13-16)22-21(23(28)18-9-11-26-12-10-18)24(29)25(30)27(22)15-17-6-4-8-20(14-17)31-2/h3-14,22,28H,15H2,1-2H3/b23-21-. The number of hydrogen-bond acceptors (Lipinski definition) is 5. The summed E-state index contributed by atoms with van der Waals surface area (Å²) in [5, 5.41) is 11.0. The number of Topliss-reactive ketones (excluding diaryl/α,β-unsaturated/α-hetero) is 1. The Morgan fingerprint density at radius 1 is 1.06 bits per heavy atom. The lowest BCUT2D eigenvalue weighted by Crippen LogP contribution is -2.29. The summed E-state index contributed by atoms with van der Waals surface area (Å²) >= 11 is 0. The summed E-state index contributed by atoms with van der Waals surface area (Å²) in [5.41, 5.74) is 3.09. The number of hydrogen-bond donors (Lipinski definition) is 1. The Morgan fingerprint density at radius 3 is 2.52 bits per heavy atom. The van der Waals surface area contributed by atoms with Crippen LogP contribution in [0.4, 0.5) is 0 Å². The highest BCUT2D eigenvalue weighted by Gasteiger charge is 2.46. The molecule has 1 amide bonds. The Morgan fingerprint density at radius 2 is 1.81 bits per heavy atom. The first-order valence-electron chi connectivity index (χ1n) is 9.88. The molecule has 6 heteroatoms. The number of methoxy groups -OCH3 is 1. The van der Waals surface area contributed by atoms with Gasteiger partial charge in [-0.05, 0) is 42.3 Å². The van der Waals surface area contributed by atoms with E-state index in [4.69, 9.17) is 4.74 Å². The molecule has 31 heavy (non-hydrogen) atoms. The summed E-state index contributed by atoms with van der Waals surface area (Å²) in [6, 6.07) is 17.5. The Balaban J connectivity index is 1.85. The predicted octanol–water partition coefficient (Wildman–Crippen LogP) is 4.02. The fourth-order valence-electron chi connectivity index (χ4n) is 3.86. The summed E-state index contributed by atoms with van der Waals surface area (Å²) in [7, 11) is 1.58. The second-order valence-corrected chi connectivity index (χ2v) is 7.43. The minimum absolute atomic E-state index is 0.0738. The molecule has 3 aromatic rings. The fraction of sp³-hybridized carbons (Fsp3) is 0.160. The Bertz CT molecular complexity index is 1170. The molecule has 1 aliphatic heterocycles. The third kappa shape index (κ3) is 3.92. The van der Waals surface area contributed by atoms with Crippen molar-refractivity contribution in [1.82, 2.24) is 9.88 Å². The maximum absolute atomic E-state index is 13.1. The number of rotatable bonds is 5. The first-order valence-corrected chi connectivity index (χ1v) is 9.88. The van der Waals surface area contributed by atoms with Gasteiger partial charge in [0, 0.05) is 24.5 Å². The first kappa shape index (κ1) is 20.3. The molecule has 0 radical (unpaired) electrons. The van der Waals surface area contributed by atoms with Gasteiger partial charge in [0.05, 0.1) is 18.7 Å². The van der Waals surface area contributed by atoms with Crippen LogP contribution in [0.2, 0.25) is 0 Å². The van der Waals surface area contributed by atoms with Gasteiger partial charge in [-0.25, -0.2) is 0 Å². The van der Waals surface area contributed by atoms with Crippen LogP contribution in [0.3, 0.4) is 0 Å². The quantitative estimate of drug-likeness (QED) is 0.388. The highest BCUT2D eigenvalue weighted by atomic mass is 16.5. The van der Waals surface area contributed by atoms with Crippen molar-refractivity contribution in [3.63, 3.8) is 0 Å². The van der Waals surface area contributed by atoms with Crippen molar-refractivity contribution in [2.75, 3.05) is 7.11 Å². The number of aliphatic hydroxyl groups excluding tert-OH is 1. The zero-order valence-corrected chi connectivity index (χ0v) is 17.3. The summed E-state index contributed by atoms with van der Waals surface area (Å²) in [6.07, 6.45) is 3.06. The number of pyridine rings is 1. The molecule has 1 atom stereocenters. The molecule has 1 aromatic heterocycles. The van der Waals surface area contributed by atoms with Crippen LogP contribution in [0.1, 0.15) is 28.3 Å². The van der Waals surface area contributed by atoms with Gasteiger partial charge in [0.25, 0.3) is 11.7 Å². The van der Waals surface area contributed by atoms with Crippen LogP contribution < -0.4 is 4.74 Å². The molecule has 2 heterocycles. The van der Waals surface area contributed by atoms with E-state index < -0.39 is 17.7 Å². The van der Waals surface area contributed by atoms with E-state index >= 15 is 0 Å². The molecule has 1 fully saturated rings. The molecule has 0 saturated carbocycles. The summed E-state index contributed by atoms with van der Waals surface area (Å²) in [5.74, 6) is -0.896. The maximum atomic E-state index is 13.1. The van der Waals surface area contributed by atoms with E-state index in [9.17, 15) is 14.7 Å². The molecule has 0 spiro atoms. The van der Waals surface area contributed by atoms with Crippen molar-refractivity contribution in [3.05, 3.63) is 101 Å². The van der Waals surface area contributed by atoms with Crippen molar-refractivity contribution < 1.29 is 19.4 Å². The number of ether oxygens (including phenoxy) is 1. The third-order valence-corrected chi connectivity index (χ3v) is 5.34. The fourth-order valence-corrected chi connectivity index (χ4v) is 3.86. The monoisotopic (exact) mass is 414 g/mol. The number of benzene rings is 2. The molecular weight excluding hydrogens is 392 g/mol. The van der Waals surface area contributed by atoms with Gasteiger partial charge in [-0.3, -0.25) is 14.6 Å². The smallest absolute Gasteiger partial charge is 0.295 e. The van der Waals surface area contributed by atoms with Crippen LogP contribution in [-0.2, 0) is 16.1 Å². The molecule has 156 valence electrons. The van der Waals surface area contributed by atoms with E-state index in [-0.39, 0.29) is 17.9 Å². The van der Waals surface area contributed by atoms with E-state index in [1.807, 2.05) is 55.5 Å². The highest BCUT2D eigenvalue weighted by molar-refractivity contribution is 6.46. The minimum Gasteiger partial charge on any atom is -0.507 e. The highest BCUT2D eigenvalue weighted by Crippen LogP contribution is 2.40. The number of ketones is 1. The number of likely N-dealkylation sites (tertiary alicyclic amines) is 1. The van der Waals surface area contributed by atoms with Gasteiger partial charge in [-0.15, -0.1) is 0 Å². The molecular formula is C25H22N2O4. The van der Waals surface area contributed by atoms with Gasteiger partial charge >= 0.3 is 0 Å². The van der Waals surface area contributed by atoms with Crippen molar-refractivity contribution >= 4 is 17.4 Å². The van der Waals surface area contributed by atoms with Crippen molar-refractivity contribution in [3.8, 4) is 5.75 Å². The molecule has 0 aliphatic carbocycles.